The predicted molar refractivity (Wildman–Crippen MR) is 125 cm³/mol. The molecule has 0 bridgehead atoms. The van der Waals surface area contributed by atoms with Gasteiger partial charge in [0, 0.05) is 73.3 Å². The summed E-state index contributed by atoms with van der Waals surface area (Å²) in [5.74, 6) is 3.21. The zero-order chi connectivity index (χ0) is 19.9. The number of fused-ring (bicyclic) bond motifs is 1. The van der Waals surface area contributed by atoms with Gasteiger partial charge in [-0.3, -0.25) is 14.7 Å². The van der Waals surface area contributed by atoms with Gasteiger partial charge in [0.1, 0.15) is 5.82 Å². The molecule has 29 heavy (non-hydrogen) atoms. The van der Waals surface area contributed by atoms with Crippen molar-refractivity contribution in [2.75, 3.05) is 53.9 Å². The number of hydrogen-bond acceptors (Lipinski definition) is 5. The number of rotatable bonds is 5. The minimum atomic E-state index is 0. The molecule has 1 aromatic rings. The van der Waals surface area contributed by atoms with Crippen molar-refractivity contribution in [3.05, 3.63) is 11.6 Å². The molecule has 2 aliphatic rings. The Kier molecular flexibility index (Phi) is 9.60. The van der Waals surface area contributed by atoms with E-state index in [1.54, 1.807) is 4.90 Å². The summed E-state index contributed by atoms with van der Waals surface area (Å²) in [5, 5.41) is 12.2. The Morgan fingerprint density at radius 2 is 1.86 bits per heavy atom. The number of aliphatic imine (C=N–C) groups is 1. The van der Waals surface area contributed by atoms with Gasteiger partial charge in [-0.05, 0) is 12.8 Å². The maximum Gasteiger partial charge on any atom is 0.223 e. The highest BCUT2D eigenvalue weighted by Crippen LogP contribution is 2.14. The van der Waals surface area contributed by atoms with Crippen LogP contribution in [-0.4, -0.2) is 95.2 Å². The molecule has 164 valence electrons. The van der Waals surface area contributed by atoms with Crippen molar-refractivity contribution in [2.24, 2.45) is 4.99 Å². The number of aromatic nitrogens is 3. The van der Waals surface area contributed by atoms with E-state index in [0.717, 1.165) is 63.3 Å². The fourth-order valence-electron chi connectivity index (χ4n) is 3.83. The Hall–Kier alpha value is -1.43. The lowest BCUT2D eigenvalue weighted by atomic mass is 10.2. The van der Waals surface area contributed by atoms with E-state index in [0.29, 0.717) is 13.0 Å². The third-order valence-electron chi connectivity index (χ3n) is 5.62. The normalized spacial score (nSPS) is 17.9. The number of guanidine groups is 1. The zero-order valence-corrected chi connectivity index (χ0v) is 20.3. The van der Waals surface area contributed by atoms with Crippen molar-refractivity contribution in [2.45, 2.75) is 45.2 Å². The molecule has 9 nitrogen and oxygen atoms in total. The molecule has 2 aliphatic heterocycles. The summed E-state index contributed by atoms with van der Waals surface area (Å²) in [6, 6.07) is 0. The van der Waals surface area contributed by atoms with Crippen molar-refractivity contribution in [1.29, 1.82) is 0 Å². The summed E-state index contributed by atoms with van der Waals surface area (Å²) in [4.78, 5) is 22.5. The molecule has 10 heteroatoms. The van der Waals surface area contributed by atoms with Gasteiger partial charge in [-0.25, -0.2) is 0 Å². The number of carbonyl (C=O) groups excluding carboxylic acids is 1. The van der Waals surface area contributed by atoms with Crippen molar-refractivity contribution in [3.63, 3.8) is 0 Å². The maximum absolute atomic E-state index is 11.8. The molecule has 0 spiro atoms. The Bertz CT molecular complexity index is 682. The van der Waals surface area contributed by atoms with Crippen LogP contribution in [0.15, 0.2) is 4.99 Å². The highest BCUT2D eigenvalue weighted by molar-refractivity contribution is 14.0. The van der Waals surface area contributed by atoms with Gasteiger partial charge in [0.05, 0.1) is 6.54 Å². The maximum atomic E-state index is 11.8. The molecule has 0 unspecified atom stereocenters. The van der Waals surface area contributed by atoms with Gasteiger partial charge in [-0.1, -0.05) is 6.42 Å². The number of nitrogens with one attached hydrogen (secondary N) is 1. The number of piperazine rings is 1. The first-order chi connectivity index (χ1) is 13.6. The van der Waals surface area contributed by atoms with Crippen molar-refractivity contribution in [1.82, 2.24) is 34.8 Å². The lowest BCUT2D eigenvalue weighted by molar-refractivity contribution is -0.129. The molecule has 3 rings (SSSR count). The lowest BCUT2D eigenvalue weighted by Gasteiger charge is -2.36. The van der Waals surface area contributed by atoms with Crippen LogP contribution >= 0.6 is 24.0 Å². The van der Waals surface area contributed by atoms with E-state index in [2.05, 4.69) is 34.9 Å². The van der Waals surface area contributed by atoms with Gasteiger partial charge < -0.3 is 19.7 Å². The van der Waals surface area contributed by atoms with E-state index in [4.69, 9.17) is 0 Å². The molecule has 0 saturated carbocycles. The summed E-state index contributed by atoms with van der Waals surface area (Å²) in [5.41, 5.74) is 0. The van der Waals surface area contributed by atoms with Crippen LogP contribution in [0, 0.1) is 0 Å². The van der Waals surface area contributed by atoms with Crippen molar-refractivity contribution < 1.29 is 4.79 Å². The predicted octanol–water partition coefficient (Wildman–Crippen LogP) is 0.794. The fraction of sp³-hybridized carbons (Fsp3) is 0.789. The van der Waals surface area contributed by atoms with Gasteiger partial charge in [-0.2, -0.15) is 0 Å². The Morgan fingerprint density at radius 1 is 1.10 bits per heavy atom. The van der Waals surface area contributed by atoms with Crippen LogP contribution in [0.5, 0.6) is 0 Å². The largest absolute Gasteiger partial charge is 0.349 e. The standard InChI is InChI=1S/C19H34N8O.HI/c1-20-19(21-15-17-23-22-16-7-5-4-6-9-27(16)17)26-13-11-25(12-14-26)10-8-18(28)24(2)3;/h4-15H2,1-3H3,(H,20,21);1H. The van der Waals surface area contributed by atoms with E-state index >= 15 is 0 Å². The number of aryl methyl sites for hydroxylation is 1. The van der Waals surface area contributed by atoms with Crippen LogP contribution in [0.2, 0.25) is 0 Å². The molecule has 3 heterocycles. The van der Waals surface area contributed by atoms with Crippen LogP contribution < -0.4 is 5.32 Å². The second-order valence-corrected chi connectivity index (χ2v) is 7.76. The quantitative estimate of drug-likeness (QED) is 0.353. The first kappa shape index (κ1) is 23.8. The molecule has 0 aliphatic carbocycles. The summed E-state index contributed by atoms with van der Waals surface area (Å²) >= 11 is 0. The van der Waals surface area contributed by atoms with Crippen LogP contribution in [0.3, 0.4) is 0 Å². The van der Waals surface area contributed by atoms with Gasteiger partial charge >= 0.3 is 0 Å². The van der Waals surface area contributed by atoms with Gasteiger partial charge in [-0.15, -0.1) is 34.2 Å². The molecule has 0 aromatic carbocycles. The van der Waals surface area contributed by atoms with E-state index in [1.807, 2.05) is 21.1 Å². The second kappa shape index (κ2) is 11.7. The van der Waals surface area contributed by atoms with Gasteiger partial charge in [0.15, 0.2) is 11.8 Å². The minimum absolute atomic E-state index is 0. The zero-order valence-electron chi connectivity index (χ0n) is 17.9. The number of amides is 1. The summed E-state index contributed by atoms with van der Waals surface area (Å²) < 4.78 is 2.27. The van der Waals surface area contributed by atoms with E-state index in [9.17, 15) is 4.79 Å². The summed E-state index contributed by atoms with van der Waals surface area (Å²) in [7, 11) is 5.45. The molecule has 0 radical (unpaired) electrons. The van der Waals surface area contributed by atoms with Gasteiger partial charge in [0.2, 0.25) is 5.91 Å². The average molecular weight is 518 g/mol. The molecule has 1 fully saturated rings. The molecular weight excluding hydrogens is 483 g/mol. The molecule has 1 amide bonds. The highest BCUT2D eigenvalue weighted by atomic mass is 127. The molecule has 0 atom stereocenters. The monoisotopic (exact) mass is 518 g/mol. The van der Waals surface area contributed by atoms with Crippen LogP contribution in [0.4, 0.5) is 0 Å². The van der Waals surface area contributed by atoms with Crippen LogP contribution in [0.1, 0.15) is 37.3 Å². The van der Waals surface area contributed by atoms with Crippen LogP contribution in [0.25, 0.3) is 0 Å². The van der Waals surface area contributed by atoms with E-state index in [-0.39, 0.29) is 29.9 Å². The lowest BCUT2D eigenvalue weighted by Crippen LogP contribution is -2.52. The Balaban J connectivity index is 0.00000300. The first-order valence-corrected chi connectivity index (χ1v) is 10.4. The molecular formula is C19H35IN8O. The summed E-state index contributed by atoms with van der Waals surface area (Å²) in [6.07, 6.45) is 5.28. The SMILES string of the molecule is CN=C(NCc1nnc2n1CCCCC2)N1CCN(CCC(=O)N(C)C)CC1.I. The number of halogens is 1. The average Bonchev–Trinajstić information content (AvgIpc) is 2.93. The third-order valence-corrected chi connectivity index (χ3v) is 5.62. The molecule has 1 saturated heterocycles. The smallest absolute Gasteiger partial charge is 0.223 e. The third kappa shape index (κ3) is 6.53. The second-order valence-electron chi connectivity index (χ2n) is 7.76. The number of carbonyl (C=O) groups is 1. The molecule has 1 N–H and O–H groups in total. The van der Waals surface area contributed by atoms with E-state index in [1.165, 1.54) is 19.3 Å². The van der Waals surface area contributed by atoms with Crippen molar-refractivity contribution in [3.8, 4) is 0 Å². The molecule has 1 aromatic heterocycles. The minimum Gasteiger partial charge on any atom is -0.349 e. The summed E-state index contributed by atoms with van der Waals surface area (Å²) in [6.45, 7) is 6.20. The number of nitrogens with zero attached hydrogens (tertiary/aromatic N) is 7. The Labute approximate surface area is 190 Å². The van der Waals surface area contributed by atoms with Crippen LogP contribution in [-0.2, 0) is 24.3 Å². The van der Waals surface area contributed by atoms with Crippen molar-refractivity contribution >= 4 is 35.8 Å². The highest BCUT2D eigenvalue weighted by Gasteiger charge is 2.21. The number of hydrogen-bond donors (Lipinski definition) is 1. The van der Waals surface area contributed by atoms with E-state index < -0.39 is 0 Å². The Morgan fingerprint density at radius 3 is 2.55 bits per heavy atom. The van der Waals surface area contributed by atoms with Gasteiger partial charge in [0.25, 0.3) is 0 Å². The first-order valence-electron chi connectivity index (χ1n) is 10.4. The topological polar surface area (TPSA) is 81.9 Å². The fourth-order valence-corrected chi connectivity index (χ4v) is 3.83.